The van der Waals surface area contributed by atoms with Gasteiger partial charge in [-0.15, -0.1) is 0 Å². The number of hydrogen-bond donors (Lipinski definition) is 1. The minimum Gasteiger partial charge on any atom is -0.490 e. The van der Waals surface area contributed by atoms with Crippen LogP contribution in [0.2, 0.25) is 0 Å². The van der Waals surface area contributed by atoms with E-state index in [0.717, 1.165) is 37.8 Å². The standard InChI is InChI=1S/C14H24N4O2/c1-5-11-8-20-10(3)7-18(11)14-12(19-4)13(15-6-2)16-9-17-14/h9-11H,5-8H2,1-4H3,(H,15,16,17). The lowest BCUT2D eigenvalue weighted by Crippen LogP contribution is -2.49. The average molecular weight is 280 g/mol. The first-order valence-electron chi connectivity index (χ1n) is 7.22. The number of rotatable bonds is 5. The van der Waals surface area contributed by atoms with Gasteiger partial charge in [-0.3, -0.25) is 0 Å². The number of anilines is 2. The van der Waals surface area contributed by atoms with Crippen molar-refractivity contribution in [2.75, 3.05) is 37.0 Å². The zero-order chi connectivity index (χ0) is 14.5. The molecule has 0 spiro atoms. The second-order valence-electron chi connectivity index (χ2n) is 4.97. The Labute approximate surface area is 120 Å². The molecule has 1 aliphatic rings. The molecule has 0 aliphatic carbocycles. The van der Waals surface area contributed by atoms with Crippen molar-refractivity contribution in [2.24, 2.45) is 0 Å². The first kappa shape index (κ1) is 14.8. The summed E-state index contributed by atoms with van der Waals surface area (Å²) in [5.74, 6) is 2.30. The van der Waals surface area contributed by atoms with Crippen LogP contribution in [0.3, 0.4) is 0 Å². The van der Waals surface area contributed by atoms with Crippen molar-refractivity contribution in [3.8, 4) is 5.75 Å². The van der Waals surface area contributed by atoms with Crippen molar-refractivity contribution < 1.29 is 9.47 Å². The molecule has 6 nitrogen and oxygen atoms in total. The molecular formula is C14H24N4O2. The van der Waals surface area contributed by atoms with Crippen LogP contribution in [0, 0.1) is 0 Å². The van der Waals surface area contributed by atoms with E-state index in [1.54, 1.807) is 13.4 Å². The highest BCUT2D eigenvalue weighted by molar-refractivity contribution is 5.65. The van der Waals surface area contributed by atoms with Gasteiger partial charge in [0.25, 0.3) is 0 Å². The highest BCUT2D eigenvalue weighted by Gasteiger charge is 2.29. The lowest BCUT2D eigenvalue weighted by molar-refractivity contribution is 0.0294. The van der Waals surface area contributed by atoms with Gasteiger partial charge < -0.3 is 19.7 Å². The monoisotopic (exact) mass is 280 g/mol. The number of ether oxygens (including phenoxy) is 2. The molecule has 20 heavy (non-hydrogen) atoms. The third-order valence-electron chi connectivity index (χ3n) is 3.54. The van der Waals surface area contributed by atoms with Crippen LogP contribution in [0.1, 0.15) is 27.2 Å². The van der Waals surface area contributed by atoms with E-state index >= 15 is 0 Å². The maximum absolute atomic E-state index is 5.74. The first-order chi connectivity index (χ1) is 9.71. The number of morpholine rings is 1. The Balaban J connectivity index is 2.36. The van der Waals surface area contributed by atoms with Gasteiger partial charge in [0.2, 0.25) is 5.75 Å². The van der Waals surface area contributed by atoms with E-state index < -0.39 is 0 Å². The molecule has 6 heteroatoms. The van der Waals surface area contributed by atoms with Crippen LogP contribution < -0.4 is 15.0 Å². The molecule has 1 N–H and O–H groups in total. The molecule has 1 aliphatic heterocycles. The summed E-state index contributed by atoms with van der Waals surface area (Å²) in [7, 11) is 1.66. The molecular weight excluding hydrogens is 256 g/mol. The molecule has 112 valence electrons. The lowest BCUT2D eigenvalue weighted by Gasteiger charge is -2.39. The fourth-order valence-electron chi connectivity index (χ4n) is 2.49. The molecule has 0 aromatic carbocycles. The summed E-state index contributed by atoms with van der Waals surface area (Å²) < 4.78 is 11.3. The van der Waals surface area contributed by atoms with Crippen LogP contribution in [-0.4, -0.2) is 48.9 Å². The average Bonchev–Trinajstić information content (AvgIpc) is 2.47. The number of nitrogens with one attached hydrogen (secondary N) is 1. The highest BCUT2D eigenvalue weighted by Crippen LogP contribution is 2.34. The fraction of sp³-hybridized carbons (Fsp3) is 0.714. The molecule has 1 aromatic rings. The lowest BCUT2D eigenvalue weighted by atomic mass is 10.1. The van der Waals surface area contributed by atoms with Crippen LogP contribution in [-0.2, 0) is 4.74 Å². The van der Waals surface area contributed by atoms with Crippen molar-refractivity contribution in [1.29, 1.82) is 0 Å². The molecule has 0 bridgehead atoms. The predicted octanol–water partition coefficient (Wildman–Crippen LogP) is 1.92. The molecule has 2 atom stereocenters. The van der Waals surface area contributed by atoms with Crippen molar-refractivity contribution >= 4 is 11.6 Å². The summed E-state index contributed by atoms with van der Waals surface area (Å²) in [6.07, 6.45) is 2.79. The quantitative estimate of drug-likeness (QED) is 0.889. The predicted molar refractivity (Wildman–Crippen MR) is 79.6 cm³/mol. The Kier molecular flexibility index (Phi) is 5.00. The van der Waals surface area contributed by atoms with Crippen LogP contribution in [0.5, 0.6) is 5.75 Å². The molecule has 1 aromatic heterocycles. The van der Waals surface area contributed by atoms with Crippen molar-refractivity contribution in [2.45, 2.75) is 39.3 Å². The minimum absolute atomic E-state index is 0.194. The Morgan fingerprint density at radius 3 is 2.90 bits per heavy atom. The zero-order valence-corrected chi connectivity index (χ0v) is 12.7. The second-order valence-corrected chi connectivity index (χ2v) is 4.97. The number of nitrogens with zero attached hydrogens (tertiary/aromatic N) is 3. The SMILES string of the molecule is CCNc1ncnc(N2CC(C)OCC2CC)c1OC. The van der Waals surface area contributed by atoms with Crippen LogP contribution in [0.4, 0.5) is 11.6 Å². The molecule has 1 saturated heterocycles. The van der Waals surface area contributed by atoms with Gasteiger partial charge in [-0.1, -0.05) is 6.92 Å². The molecule has 2 rings (SSSR count). The minimum atomic E-state index is 0.194. The number of aromatic nitrogens is 2. The van der Waals surface area contributed by atoms with Gasteiger partial charge in [0.1, 0.15) is 6.33 Å². The molecule has 1 fully saturated rings. The Bertz CT molecular complexity index is 441. The Morgan fingerprint density at radius 1 is 1.45 bits per heavy atom. The van der Waals surface area contributed by atoms with E-state index in [4.69, 9.17) is 9.47 Å². The number of hydrogen-bond acceptors (Lipinski definition) is 6. The summed E-state index contributed by atoms with van der Waals surface area (Å²) in [4.78, 5) is 11.0. The third kappa shape index (κ3) is 2.95. The molecule has 0 saturated carbocycles. The first-order valence-corrected chi connectivity index (χ1v) is 7.22. The molecule has 2 heterocycles. The fourth-order valence-corrected chi connectivity index (χ4v) is 2.49. The van der Waals surface area contributed by atoms with Gasteiger partial charge in [-0.05, 0) is 20.3 Å². The summed E-state index contributed by atoms with van der Waals surface area (Å²) in [6, 6.07) is 0.324. The van der Waals surface area contributed by atoms with E-state index in [1.807, 2.05) is 6.92 Å². The normalized spacial score (nSPS) is 22.7. The molecule has 2 unspecified atom stereocenters. The van der Waals surface area contributed by atoms with E-state index in [9.17, 15) is 0 Å². The largest absolute Gasteiger partial charge is 0.490 e. The smallest absolute Gasteiger partial charge is 0.204 e. The van der Waals surface area contributed by atoms with E-state index in [1.165, 1.54) is 0 Å². The third-order valence-corrected chi connectivity index (χ3v) is 3.54. The highest BCUT2D eigenvalue weighted by atomic mass is 16.5. The topological polar surface area (TPSA) is 59.5 Å². The van der Waals surface area contributed by atoms with Crippen LogP contribution in [0.25, 0.3) is 0 Å². The summed E-state index contributed by atoms with van der Waals surface area (Å²) in [5.41, 5.74) is 0. The Hall–Kier alpha value is -1.56. The Morgan fingerprint density at radius 2 is 2.25 bits per heavy atom. The van der Waals surface area contributed by atoms with Gasteiger partial charge in [0, 0.05) is 13.1 Å². The summed E-state index contributed by atoms with van der Waals surface area (Å²) >= 11 is 0. The van der Waals surface area contributed by atoms with Crippen molar-refractivity contribution in [1.82, 2.24) is 9.97 Å². The number of methoxy groups -OCH3 is 1. The molecule has 0 radical (unpaired) electrons. The van der Waals surface area contributed by atoms with Gasteiger partial charge in [-0.2, -0.15) is 0 Å². The maximum atomic E-state index is 5.74. The second kappa shape index (κ2) is 6.74. The van der Waals surface area contributed by atoms with Crippen LogP contribution >= 0.6 is 0 Å². The van der Waals surface area contributed by atoms with Gasteiger partial charge in [0.05, 0.1) is 25.9 Å². The summed E-state index contributed by atoms with van der Waals surface area (Å²) in [6.45, 7) is 8.61. The van der Waals surface area contributed by atoms with Gasteiger partial charge in [-0.25, -0.2) is 9.97 Å². The van der Waals surface area contributed by atoms with Crippen LogP contribution in [0.15, 0.2) is 6.33 Å². The van der Waals surface area contributed by atoms with Crippen molar-refractivity contribution in [3.63, 3.8) is 0 Å². The van der Waals surface area contributed by atoms with E-state index in [0.29, 0.717) is 11.8 Å². The maximum Gasteiger partial charge on any atom is 0.204 e. The summed E-state index contributed by atoms with van der Waals surface area (Å²) in [5, 5.41) is 3.22. The molecule has 0 amide bonds. The van der Waals surface area contributed by atoms with E-state index in [-0.39, 0.29) is 6.10 Å². The van der Waals surface area contributed by atoms with Crippen molar-refractivity contribution in [3.05, 3.63) is 6.33 Å². The van der Waals surface area contributed by atoms with E-state index in [2.05, 4.69) is 34.0 Å². The van der Waals surface area contributed by atoms with Gasteiger partial charge >= 0.3 is 0 Å². The van der Waals surface area contributed by atoms with Gasteiger partial charge in [0.15, 0.2) is 11.6 Å². The zero-order valence-electron chi connectivity index (χ0n) is 12.7.